The molecule has 0 N–H and O–H groups in total. The Labute approximate surface area is 71.3 Å². The van der Waals surface area contributed by atoms with E-state index in [9.17, 15) is 4.79 Å². The SMILES string of the molecule is O=C(C1CCSCC1)N1CC1. The Morgan fingerprint density at radius 2 is 1.91 bits per heavy atom. The molecular weight excluding hydrogens is 158 g/mol. The highest BCUT2D eigenvalue weighted by Crippen LogP contribution is 2.26. The van der Waals surface area contributed by atoms with Gasteiger partial charge in [-0.1, -0.05) is 0 Å². The van der Waals surface area contributed by atoms with Crippen molar-refractivity contribution in [1.82, 2.24) is 4.90 Å². The average Bonchev–Trinajstić information content (AvgIpc) is 2.87. The number of rotatable bonds is 1. The third-order valence-electron chi connectivity index (χ3n) is 2.33. The number of carbonyl (C=O) groups is 1. The molecule has 2 saturated heterocycles. The molecule has 62 valence electrons. The third-order valence-corrected chi connectivity index (χ3v) is 3.38. The van der Waals surface area contributed by atoms with Crippen LogP contribution in [0.2, 0.25) is 0 Å². The Bertz CT molecular complexity index is 161. The van der Waals surface area contributed by atoms with E-state index in [0.717, 1.165) is 25.9 Å². The Hall–Kier alpha value is -0.180. The van der Waals surface area contributed by atoms with E-state index >= 15 is 0 Å². The van der Waals surface area contributed by atoms with Gasteiger partial charge in [0, 0.05) is 19.0 Å². The molecule has 0 aromatic carbocycles. The summed E-state index contributed by atoms with van der Waals surface area (Å²) in [6.45, 7) is 2.03. The van der Waals surface area contributed by atoms with Gasteiger partial charge < -0.3 is 4.90 Å². The van der Waals surface area contributed by atoms with Gasteiger partial charge in [-0.25, -0.2) is 0 Å². The monoisotopic (exact) mass is 171 g/mol. The first-order valence-corrected chi connectivity index (χ1v) is 5.40. The highest BCUT2D eigenvalue weighted by atomic mass is 32.2. The van der Waals surface area contributed by atoms with Gasteiger partial charge in [-0.2, -0.15) is 11.8 Å². The van der Waals surface area contributed by atoms with E-state index < -0.39 is 0 Å². The summed E-state index contributed by atoms with van der Waals surface area (Å²) in [6, 6.07) is 0. The summed E-state index contributed by atoms with van der Waals surface area (Å²) in [5, 5.41) is 0. The Morgan fingerprint density at radius 3 is 2.45 bits per heavy atom. The maximum absolute atomic E-state index is 11.5. The molecule has 2 rings (SSSR count). The zero-order valence-electron chi connectivity index (χ0n) is 6.58. The number of hydrogen-bond donors (Lipinski definition) is 0. The summed E-state index contributed by atoms with van der Waals surface area (Å²) in [5.41, 5.74) is 0. The third kappa shape index (κ3) is 1.70. The van der Waals surface area contributed by atoms with E-state index in [1.165, 1.54) is 11.5 Å². The van der Waals surface area contributed by atoms with Crippen LogP contribution in [0.3, 0.4) is 0 Å². The average molecular weight is 171 g/mol. The smallest absolute Gasteiger partial charge is 0.225 e. The van der Waals surface area contributed by atoms with Crippen LogP contribution in [-0.4, -0.2) is 35.4 Å². The van der Waals surface area contributed by atoms with Gasteiger partial charge in [-0.05, 0) is 24.3 Å². The topological polar surface area (TPSA) is 20.1 Å². The maximum Gasteiger partial charge on any atom is 0.225 e. The quantitative estimate of drug-likeness (QED) is 0.548. The predicted molar refractivity (Wildman–Crippen MR) is 46.6 cm³/mol. The van der Waals surface area contributed by atoms with Gasteiger partial charge in [0.2, 0.25) is 5.91 Å². The van der Waals surface area contributed by atoms with Gasteiger partial charge in [-0.15, -0.1) is 0 Å². The number of nitrogens with zero attached hydrogens (tertiary/aromatic N) is 1. The number of thioether (sulfide) groups is 1. The van der Waals surface area contributed by atoms with Crippen molar-refractivity contribution >= 4 is 17.7 Å². The van der Waals surface area contributed by atoms with Crippen molar-refractivity contribution in [3.63, 3.8) is 0 Å². The van der Waals surface area contributed by atoms with Gasteiger partial charge in [0.1, 0.15) is 0 Å². The highest BCUT2D eigenvalue weighted by molar-refractivity contribution is 7.99. The van der Waals surface area contributed by atoms with Crippen molar-refractivity contribution in [2.24, 2.45) is 5.92 Å². The van der Waals surface area contributed by atoms with Crippen molar-refractivity contribution in [3.05, 3.63) is 0 Å². The summed E-state index contributed by atoms with van der Waals surface area (Å²) in [6.07, 6.45) is 2.22. The molecule has 0 aromatic rings. The van der Waals surface area contributed by atoms with Crippen LogP contribution in [0.5, 0.6) is 0 Å². The van der Waals surface area contributed by atoms with Crippen molar-refractivity contribution in [3.8, 4) is 0 Å². The zero-order chi connectivity index (χ0) is 7.68. The molecule has 0 spiro atoms. The molecule has 0 radical (unpaired) electrons. The van der Waals surface area contributed by atoms with E-state index in [1.807, 2.05) is 16.7 Å². The van der Waals surface area contributed by atoms with Crippen LogP contribution >= 0.6 is 11.8 Å². The lowest BCUT2D eigenvalue weighted by molar-refractivity contribution is -0.130. The lowest BCUT2D eigenvalue weighted by atomic mass is 10.0. The summed E-state index contributed by atoms with van der Waals surface area (Å²) >= 11 is 1.98. The van der Waals surface area contributed by atoms with Crippen molar-refractivity contribution in [2.75, 3.05) is 24.6 Å². The summed E-state index contributed by atoms with van der Waals surface area (Å²) in [7, 11) is 0. The highest BCUT2D eigenvalue weighted by Gasteiger charge is 2.31. The normalized spacial score (nSPS) is 25.3. The molecule has 2 aliphatic rings. The molecule has 11 heavy (non-hydrogen) atoms. The molecule has 1 amide bonds. The van der Waals surface area contributed by atoms with Crippen LogP contribution in [-0.2, 0) is 4.79 Å². The first-order chi connectivity index (χ1) is 5.38. The zero-order valence-corrected chi connectivity index (χ0v) is 7.40. The molecule has 0 aromatic heterocycles. The first kappa shape index (κ1) is 7.47. The number of hydrogen-bond acceptors (Lipinski definition) is 2. The summed E-state index contributed by atoms with van der Waals surface area (Å²) < 4.78 is 0. The van der Waals surface area contributed by atoms with Gasteiger partial charge in [0.05, 0.1) is 0 Å². The van der Waals surface area contributed by atoms with Gasteiger partial charge in [0.15, 0.2) is 0 Å². The van der Waals surface area contributed by atoms with E-state index in [-0.39, 0.29) is 0 Å². The number of amides is 1. The molecule has 3 heteroatoms. The largest absolute Gasteiger partial charge is 0.339 e. The summed E-state index contributed by atoms with van der Waals surface area (Å²) in [5.74, 6) is 3.16. The minimum Gasteiger partial charge on any atom is -0.339 e. The van der Waals surface area contributed by atoms with Crippen LogP contribution in [0.25, 0.3) is 0 Å². The molecule has 2 nitrogen and oxygen atoms in total. The minimum absolute atomic E-state index is 0.374. The predicted octanol–water partition coefficient (Wildman–Crippen LogP) is 0.972. The maximum atomic E-state index is 11.5. The van der Waals surface area contributed by atoms with Gasteiger partial charge in [-0.3, -0.25) is 4.79 Å². The van der Waals surface area contributed by atoms with Gasteiger partial charge in [0.25, 0.3) is 0 Å². The van der Waals surface area contributed by atoms with Crippen LogP contribution in [0.15, 0.2) is 0 Å². The van der Waals surface area contributed by atoms with E-state index in [0.29, 0.717) is 11.8 Å². The minimum atomic E-state index is 0.374. The van der Waals surface area contributed by atoms with Crippen LogP contribution < -0.4 is 0 Å². The Kier molecular flexibility index (Phi) is 2.07. The fraction of sp³-hybridized carbons (Fsp3) is 0.875. The van der Waals surface area contributed by atoms with Crippen molar-refractivity contribution in [2.45, 2.75) is 12.8 Å². The second kappa shape index (κ2) is 3.05. The molecule has 0 unspecified atom stereocenters. The Morgan fingerprint density at radius 1 is 1.27 bits per heavy atom. The molecule has 0 saturated carbocycles. The molecule has 0 atom stereocenters. The fourth-order valence-electron chi connectivity index (χ4n) is 1.47. The fourth-order valence-corrected chi connectivity index (χ4v) is 2.58. The van der Waals surface area contributed by atoms with Crippen LogP contribution in [0.1, 0.15) is 12.8 Å². The molecule has 2 heterocycles. The van der Waals surface area contributed by atoms with Crippen molar-refractivity contribution in [1.29, 1.82) is 0 Å². The molecular formula is C8H13NOS. The summed E-state index contributed by atoms with van der Waals surface area (Å²) in [4.78, 5) is 13.4. The van der Waals surface area contributed by atoms with Crippen LogP contribution in [0.4, 0.5) is 0 Å². The Balaban J connectivity index is 1.86. The number of carbonyl (C=O) groups excluding carboxylic acids is 1. The van der Waals surface area contributed by atoms with E-state index in [2.05, 4.69) is 0 Å². The van der Waals surface area contributed by atoms with E-state index in [4.69, 9.17) is 0 Å². The standard InChI is InChI=1S/C8H13NOS/c10-8(9-3-4-9)7-1-5-11-6-2-7/h7H,1-6H2. The lowest BCUT2D eigenvalue weighted by Crippen LogP contribution is -2.25. The first-order valence-electron chi connectivity index (χ1n) is 4.24. The second-order valence-electron chi connectivity index (χ2n) is 3.21. The molecule has 0 aliphatic carbocycles. The molecule has 0 bridgehead atoms. The van der Waals surface area contributed by atoms with E-state index in [1.54, 1.807) is 0 Å². The van der Waals surface area contributed by atoms with Gasteiger partial charge >= 0.3 is 0 Å². The molecule has 2 aliphatic heterocycles. The van der Waals surface area contributed by atoms with Crippen LogP contribution in [0, 0.1) is 5.92 Å². The second-order valence-corrected chi connectivity index (χ2v) is 4.44. The van der Waals surface area contributed by atoms with Crippen molar-refractivity contribution < 1.29 is 4.79 Å². The molecule has 2 fully saturated rings. The lowest BCUT2D eigenvalue weighted by Gasteiger charge is -2.20.